The monoisotopic (exact) mass is 1190 g/mol. The summed E-state index contributed by atoms with van der Waals surface area (Å²) in [6, 6.07) is 29.9. The van der Waals surface area contributed by atoms with Crippen molar-refractivity contribution in [1.29, 1.82) is 0 Å². The van der Waals surface area contributed by atoms with Crippen LogP contribution in [0.25, 0.3) is 79.1 Å². The molecule has 0 saturated carbocycles. The van der Waals surface area contributed by atoms with Gasteiger partial charge in [-0.15, -0.1) is 22.1 Å². The summed E-state index contributed by atoms with van der Waals surface area (Å²) >= 11 is 0. The predicted octanol–water partition coefficient (Wildman–Crippen LogP) is 18.0. The van der Waals surface area contributed by atoms with Crippen LogP contribution in [0.5, 0.6) is 0 Å². The molecule has 442 valence electrons. The van der Waals surface area contributed by atoms with Crippen molar-refractivity contribution in [1.82, 2.24) is 19.9 Å². The van der Waals surface area contributed by atoms with Crippen molar-refractivity contribution in [2.24, 2.45) is 0 Å². The quantitative estimate of drug-likeness (QED) is 0.157. The Hall–Kier alpha value is -5.15. The van der Waals surface area contributed by atoms with E-state index < -0.39 is 36.6 Å². The van der Waals surface area contributed by atoms with Gasteiger partial charge in [0.25, 0.3) is 0 Å². The van der Waals surface area contributed by atoms with Crippen LogP contribution >= 0.6 is 0 Å². The van der Waals surface area contributed by atoms with Crippen molar-refractivity contribution in [2.75, 3.05) is 0 Å². The zero-order valence-electron chi connectivity index (χ0n) is 56.5. The maximum absolute atomic E-state index is 7.02. The van der Waals surface area contributed by atoms with Gasteiger partial charge in [0.2, 0.25) is 0 Å². The third kappa shape index (κ3) is 12.3. The normalized spacial score (nSPS) is 17.8. The topological polar surface area (TPSA) is 90.9 Å². The molecule has 0 atom stereocenters. The van der Waals surface area contributed by atoms with Crippen LogP contribution in [0.2, 0.25) is 0 Å². The van der Waals surface area contributed by atoms with Crippen LogP contribution < -0.4 is 15.4 Å². The van der Waals surface area contributed by atoms with E-state index >= 15 is 0 Å². The molecule has 2 saturated heterocycles. The molecule has 0 amide bonds. The van der Waals surface area contributed by atoms with Gasteiger partial charge < -0.3 is 28.6 Å². The van der Waals surface area contributed by atoms with Crippen LogP contribution in [0.1, 0.15) is 236 Å². The third-order valence-electron chi connectivity index (χ3n) is 18.6. The summed E-state index contributed by atoms with van der Waals surface area (Å²) in [6.07, 6.45) is 6.55. The molecule has 10 rings (SSSR count). The summed E-state index contributed by atoms with van der Waals surface area (Å²) in [7, 11) is -1.52. The van der Waals surface area contributed by atoms with E-state index in [9.17, 15) is 0 Å². The summed E-state index contributed by atoms with van der Waals surface area (Å²) in [5, 5.41) is 0. The first-order chi connectivity index (χ1) is 38.3. The Bertz CT molecular complexity index is 3760. The van der Waals surface area contributed by atoms with E-state index in [-0.39, 0.29) is 52.0 Å². The van der Waals surface area contributed by atoms with Gasteiger partial charge in [0.05, 0.1) is 45.2 Å². The van der Waals surface area contributed by atoms with Gasteiger partial charge in [0.1, 0.15) is 0 Å². The maximum atomic E-state index is 7.02. The Morgan fingerprint density at radius 3 is 1.00 bits per heavy atom. The molecule has 0 radical (unpaired) electrons. The Balaban J connectivity index is 0.00000865. The average Bonchev–Trinajstić information content (AvgIpc) is 1.74. The van der Waals surface area contributed by atoms with E-state index in [2.05, 4.69) is 277 Å². The van der Waals surface area contributed by atoms with Crippen molar-refractivity contribution in [3.05, 3.63) is 135 Å². The molecule has 4 aliphatic rings. The smallest absolute Gasteiger partial charge is 0.658 e. The van der Waals surface area contributed by atoms with Gasteiger partial charge in [-0.05, 0) is 178 Å². The number of rotatable bonds is 5. The van der Waals surface area contributed by atoms with Gasteiger partial charge in [0, 0.05) is 5.47 Å². The first-order valence-corrected chi connectivity index (χ1v) is 30.6. The van der Waals surface area contributed by atoms with Crippen LogP contribution in [0, 0.1) is 0 Å². The summed E-state index contributed by atoms with van der Waals surface area (Å²) in [6.45, 7) is 58.1. The van der Waals surface area contributed by atoms with E-state index in [0.29, 0.717) is 11.2 Å². The van der Waals surface area contributed by atoms with Crippen LogP contribution in [-0.2, 0) is 70.6 Å². The van der Waals surface area contributed by atoms with Crippen LogP contribution in [0.4, 0.5) is 0 Å². The third-order valence-corrected chi connectivity index (χ3v) is 18.6. The number of hydrogen-bond donors (Lipinski definition) is 0. The Labute approximate surface area is 523 Å². The van der Waals surface area contributed by atoms with Crippen molar-refractivity contribution in [3.8, 4) is 33.4 Å². The molecule has 3 aromatic carbocycles. The van der Waals surface area contributed by atoms with Crippen molar-refractivity contribution < 1.29 is 38.1 Å². The zero-order valence-corrected chi connectivity index (χ0v) is 59.5. The number of aromatic nitrogens is 4. The van der Waals surface area contributed by atoms with Crippen LogP contribution in [-0.4, -0.2) is 46.6 Å². The molecule has 8 bridgehead atoms. The minimum Gasteiger partial charge on any atom is -0.658 e. The average molecular weight is 1190 g/mol. The predicted molar refractivity (Wildman–Crippen MR) is 356 cm³/mol. The molecule has 2 fully saturated rings. The number of benzene rings is 3. The number of fused-ring (bicyclic) bond motifs is 8. The molecule has 85 heavy (non-hydrogen) atoms. The second-order valence-electron chi connectivity index (χ2n) is 32.7. The van der Waals surface area contributed by atoms with E-state index in [1.807, 2.05) is 0 Å². The molecule has 3 aromatic heterocycles. The van der Waals surface area contributed by atoms with Crippen molar-refractivity contribution in [2.45, 2.75) is 235 Å². The zero-order chi connectivity index (χ0) is 61.8. The standard InChI is InChI=1S/C74H94B2N4O4.Zn/c1-65(2,3)46-31-43(32-47(37-46)66(4,5)6)62-54-27-29-56(77-54)63(44-33-48(67(7,8)9)38-49(34-44)68(10,11)12)60-40-52(75-81-71(19,20)72(21,22)82-75)58(79-60)42-59-53(76-83-73(23,24)74(25,26)84-76)41-61(80-59)64(57-30-28-55(62)78-57)45-35-50(69(13,14)15)39-51(36-45)70(16,17)18;/h27-42H,1-26H3;/q-2;+2. The van der Waals surface area contributed by atoms with E-state index in [0.717, 1.165) is 77.9 Å². The first-order valence-electron chi connectivity index (χ1n) is 30.6. The second kappa shape index (κ2) is 21.0. The second-order valence-corrected chi connectivity index (χ2v) is 32.7. The van der Waals surface area contributed by atoms with Gasteiger partial charge in [0.15, 0.2) is 0 Å². The van der Waals surface area contributed by atoms with Gasteiger partial charge in [-0.1, -0.05) is 203 Å². The van der Waals surface area contributed by atoms with E-state index in [1.54, 1.807) is 0 Å². The molecule has 0 aliphatic carbocycles. The fraction of sp³-hybridized carbons (Fsp3) is 0.486. The number of hydrogen-bond acceptors (Lipinski definition) is 6. The fourth-order valence-corrected chi connectivity index (χ4v) is 11.3. The van der Waals surface area contributed by atoms with Gasteiger partial charge in [-0.3, -0.25) is 0 Å². The molecule has 8 nitrogen and oxygen atoms in total. The van der Waals surface area contributed by atoms with E-state index in [1.165, 1.54) is 33.4 Å². The summed E-state index contributed by atoms with van der Waals surface area (Å²) in [5.41, 5.74) is 17.4. The summed E-state index contributed by atoms with van der Waals surface area (Å²) in [5.74, 6) is 0. The van der Waals surface area contributed by atoms with Crippen LogP contribution in [0.3, 0.4) is 0 Å². The minimum atomic E-state index is -0.758. The minimum absolute atomic E-state index is 0. The largest absolute Gasteiger partial charge is 2.00 e. The van der Waals surface area contributed by atoms with Gasteiger partial charge in [-0.25, -0.2) is 9.97 Å². The molecule has 7 heterocycles. The molecular weight excluding hydrogens is 1100 g/mol. The Morgan fingerprint density at radius 1 is 0.353 bits per heavy atom. The molecule has 6 aromatic rings. The molecular formula is C74H94B2N4O4Zn. The Kier molecular flexibility index (Phi) is 15.9. The van der Waals surface area contributed by atoms with Gasteiger partial charge >= 0.3 is 33.7 Å². The molecule has 4 aliphatic heterocycles. The van der Waals surface area contributed by atoms with Gasteiger partial charge in [-0.2, -0.15) is 0 Å². The SMILES string of the molecule is CC(C)(C)c1cc(-c2c3nc(c(-c4cc(C(C)(C)C)cc(C(C)(C)C)c4)c4ccc([n-]4)c(-c4cc(C(C)(C)C)cc(C(C)(C)C)c4)c4nc(cc5[n-]c2cc5B2OC(C)(C)C(C)(C)O2)C(B2OC(C)(C)C(C)(C)O2)=C4)C=C3)cc(C(C)(C)C)c1.[Zn+2]. The van der Waals surface area contributed by atoms with Crippen LogP contribution in [0.15, 0.2) is 78.9 Å². The molecule has 0 unspecified atom stereocenters. The number of nitrogens with zero attached hydrogens (tertiary/aromatic N) is 4. The van der Waals surface area contributed by atoms with E-state index in [4.69, 9.17) is 38.6 Å². The Morgan fingerprint density at radius 2 is 0.659 bits per heavy atom. The summed E-state index contributed by atoms with van der Waals surface area (Å²) in [4.78, 5) is 23.3. The molecule has 0 spiro atoms. The maximum Gasteiger partial charge on any atom is 2.00 e. The van der Waals surface area contributed by atoms with Crippen molar-refractivity contribution in [3.63, 3.8) is 0 Å². The molecule has 0 N–H and O–H groups in total. The van der Waals surface area contributed by atoms with Crippen molar-refractivity contribution >= 4 is 65.5 Å². The summed E-state index contributed by atoms with van der Waals surface area (Å²) < 4.78 is 28.1. The molecule has 11 heteroatoms. The first kappa shape index (κ1) is 64.3. The fourth-order valence-electron chi connectivity index (χ4n) is 11.3.